The average molecular weight is 758 g/mol. The number of halogens is 3. The van der Waals surface area contributed by atoms with Gasteiger partial charge in [0.15, 0.2) is 6.61 Å². The number of aromatic nitrogens is 2. The quantitative estimate of drug-likeness (QED) is 0.139. The van der Waals surface area contributed by atoms with Crippen molar-refractivity contribution in [3.63, 3.8) is 0 Å². The molecule has 1 amide bonds. The molecule has 54 heavy (non-hydrogen) atoms. The number of carbonyl (C=O) groups excluding carboxylic acids is 1. The summed E-state index contributed by atoms with van der Waals surface area (Å²) in [5.41, 5.74) is 3.58. The first-order valence-corrected chi connectivity index (χ1v) is 19.0. The number of hydrogen-bond donors (Lipinski definition) is 1. The zero-order valence-electron chi connectivity index (χ0n) is 29.4. The van der Waals surface area contributed by atoms with E-state index >= 15 is 0 Å². The number of fused-ring (bicyclic) bond motifs is 2. The van der Waals surface area contributed by atoms with E-state index in [4.69, 9.17) is 9.47 Å². The number of aryl methyl sites for hydroxylation is 2. The average Bonchev–Trinajstić information content (AvgIpc) is 3.49. The maximum Gasteiger partial charge on any atom is 0.422 e. The maximum atomic E-state index is 13.6. The van der Waals surface area contributed by atoms with Crippen molar-refractivity contribution in [1.29, 1.82) is 0 Å². The van der Waals surface area contributed by atoms with Gasteiger partial charge in [-0.1, -0.05) is 54.6 Å². The molecular weight excluding hydrogens is 720 g/mol. The van der Waals surface area contributed by atoms with E-state index in [-0.39, 0.29) is 23.3 Å². The number of hydrogen-bond acceptors (Lipinski definition) is 7. The second kappa shape index (κ2) is 15.4. The molecule has 10 nitrogen and oxygen atoms in total. The number of anilines is 1. The third kappa shape index (κ3) is 8.95. The van der Waals surface area contributed by atoms with Crippen molar-refractivity contribution in [3.05, 3.63) is 126 Å². The summed E-state index contributed by atoms with van der Waals surface area (Å²) in [6.07, 6.45) is -2.61. The molecule has 3 heterocycles. The molecular formula is C40H38F3N5O5S. The summed E-state index contributed by atoms with van der Waals surface area (Å²) in [7, 11) is -1.80. The van der Waals surface area contributed by atoms with Gasteiger partial charge in [0.05, 0.1) is 23.2 Å². The number of carbonyl (C=O) groups is 1. The molecule has 4 aromatic carbocycles. The van der Waals surface area contributed by atoms with E-state index in [0.717, 1.165) is 32.8 Å². The molecule has 0 saturated carbocycles. The number of sulfonamides is 1. The summed E-state index contributed by atoms with van der Waals surface area (Å²) in [4.78, 5) is 21.9. The predicted molar refractivity (Wildman–Crippen MR) is 201 cm³/mol. The highest BCUT2D eigenvalue weighted by Crippen LogP contribution is 2.29. The molecule has 6 aromatic rings. The fraction of sp³-hybridized carbons (Fsp3) is 0.250. The summed E-state index contributed by atoms with van der Waals surface area (Å²) < 4.78 is 78.3. The van der Waals surface area contributed by atoms with Crippen molar-refractivity contribution in [2.45, 2.75) is 19.1 Å². The van der Waals surface area contributed by atoms with Crippen molar-refractivity contribution in [1.82, 2.24) is 19.4 Å². The van der Waals surface area contributed by atoms with Crippen molar-refractivity contribution in [3.8, 4) is 17.4 Å². The summed E-state index contributed by atoms with van der Waals surface area (Å²) in [5, 5.41) is 2.97. The third-order valence-electron chi connectivity index (χ3n) is 9.38. The van der Waals surface area contributed by atoms with Gasteiger partial charge in [-0.2, -0.15) is 13.2 Å². The van der Waals surface area contributed by atoms with Gasteiger partial charge in [0.1, 0.15) is 17.2 Å². The van der Waals surface area contributed by atoms with Crippen LogP contribution in [0.2, 0.25) is 0 Å². The van der Waals surface area contributed by atoms with Gasteiger partial charge in [-0.05, 0) is 64.7 Å². The van der Waals surface area contributed by atoms with Crippen LogP contribution in [0.4, 0.5) is 18.9 Å². The number of nitrogens with one attached hydrogen (secondary N) is 1. The number of nitrogens with zero attached hydrogens (tertiary/aromatic N) is 4. The molecule has 14 heteroatoms. The lowest BCUT2D eigenvalue weighted by molar-refractivity contribution is -0.153. The highest BCUT2D eigenvalue weighted by atomic mass is 32.2. The lowest BCUT2D eigenvalue weighted by atomic mass is 10.0. The number of piperazine rings is 1. The first kappa shape index (κ1) is 36.7. The van der Waals surface area contributed by atoms with E-state index in [1.807, 2.05) is 77.2 Å². The van der Waals surface area contributed by atoms with Gasteiger partial charge in [-0.15, -0.1) is 0 Å². The molecule has 7 rings (SSSR count). The van der Waals surface area contributed by atoms with Gasteiger partial charge in [-0.3, -0.25) is 14.4 Å². The molecule has 0 bridgehead atoms. The van der Waals surface area contributed by atoms with E-state index < -0.39 is 22.8 Å². The van der Waals surface area contributed by atoms with Crippen molar-refractivity contribution in [2.75, 3.05) is 43.3 Å². The Balaban J connectivity index is 0.919. The molecule has 1 N–H and O–H groups in total. The largest absolute Gasteiger partial charge is 0.484 e. The number of amides is 1. The Kier molecular flexibility index (Phi) is 10.5. The number of pyridine rings is 1. The lowest BCUT2D eigenvalue weighted by Gasteiger charge is -2.34. The smallest absolute Gasteiger partial charge is 0.422 e. The number of benzene rings is 4. The Labute approximate surface area is 310 Å². The highest BCUT2D eigenvalue weighted by Gasteiger charge is 2.28. The van der Waals surface area contributed by atoms with Crippen LogP contribution in [0, 0.1) is 0 Å². The van der Waals surface area contributed by atoms with Crippen LogP contribution in [0.5, 0.6) is 17.4 Å². The molecule has 0 atom stereocenters. The molecule has 0 unspecified atom stereocenters. The SMILES string of the molecule is Cn1c(C(=O)N2CCN(Cc3ccc(OCC(F)(F)F)cc3)CC2)cc2ccc(Oc3ccc(NS(=O)(=O)CCc4cccc5ccccc45)cn3)cc21. The normalized spacial score (nSPS) is 14.0. The number of rotatable bonds is 12. The van der Waals surface area contributed by atoms with Crippen LogP contribution in [0.15, 0.2) is 109 Å². The molecule has 1 aliphatic heterocycles. The maximum absolute atomic E-state index is 13.6. The standard InChI is InChI=1S/C40H38F3N5O5S/c1-46-36-24-34(53-38-16-12-32(25-44-38)45-54(50,51)22-17-30-7-4-6-29-5-2-3-8-35(29)30)15-11-31(36)23-37(46)39(49)48-20-18-47(19-21-48)26-28-9-13-33(14-10-28)52-27-40(41,42)43/h2-16,23-25,45H,17-22,26-27H2,1H3. The number of ether oxygens (including phenoxy) is 2. The van der Waals surface area contributed by atoms with Gasteiger partial charge in [0.2, 0.25) is 15.9 Å². The van der Waals surface area contributed by atoms with Gasteiger partial charge in [0, 0.05) is 57.3 Å². The van der Waals surface area contributed by atoms with Crippen LogP contribution in [0.1, 0.15) is 21.6 Å². The van der Waals surface area contributed by atoms with Crippen LogP contribution >= 0.6 is 0 Å². The zero-order chi connectivity index (χ0) is 37.9. The van der Waals surface area contributed by atoms with Crippen LogP contribution in [-0.2, 0) is 30.0 Å². The second-order valence-electron chi connectivity index (χ2n) is 13.2. The Bertz CT molecular complexity index is 2370. The van der Waals surface area contributed by atoms with E-state index in [2.05, 4.69) is 14.6 Å². The van der Waals surface area contributed by atoms with Gasteiger partial charge >= 0.3 is 6.18 Å². The molecule has 0 aliphatic carbocycles. The van der Waals surface area contributed by atoms with E-state index in [0.29, 0.717) is 56.3 Å². The zero-order valence-corrected chi connectivity index (χ0v) is 30.2. The van der Waals surface area contributed by atoms with Crippen LogP contribution < -0.4 is 14.2 Å². The highest BCUT2D eigenvalue weighted by molar-refractivity contribution is 7.92. The van der Waals surface area contributed by atoms with Crippen molar-refractivity contribution in [2.24, 2.45) is 7.05 Å². The van der Waals surface area contributed by atoms with Crippen molar-refractivity contribution < 1.29 is 35.9 Å². The predicted octanol–water partition coefficient (Wildman–Crippen LogP) is 7.40. The van der Waals surface area contributed by atoms with Crippen LogP contribution in [-0.4, -0.2) is 78.4 Å². The number of alkyl halides is 3. The molecule has 0 radical (unpaired) electrons. The van der Waals surface area contributed by atoms with Gasteiger partial charge in [-0.25, -0.2) is 13.4 Å². The van der Waals surface area contributed by atoms with Crippen molar-refractivity contribution >= 4 is 43.3 Å². The lowest BCUT2D eigenvalue weighted by Crippen LogP contribution is -2.48. The Morgan fingerprint density at radius 1 is 0.852 bits per heavy atom. The first-order chi connectivity index (χ1) is 25.9. The van der Waals surface area contributed by atoms with E-state index in [1.54, 1.807) is 30.3 Å². The third-order valence-corrected chi connectivity index (χ3v) is 10.7. The Morgan fingerprint density at radius 3 is 2.33 bits per heavy atom. The monoisotopic (exact) mass is 757 g/mol. The Hall–Kier alpha value is -5.60. The van der Waals surface area contributed by atoms with E-state index in [1.165, 1.54) is 18.3 Å². The summed E-state index contributed by atoms with van der Waals surface area (Å²) in [5.74, 6) is 0.787. The van der Waals surface area contributed by atoms with Gasteiger partial charge < -0.3 is 18.9 Å². The van der Waals surface area contributed by atoms with Crippen LogP contribution in [0.25, 0.3) is 21.7 Å². The molecule has 1 aliphatic rings. The fourth-order valence-corrected chi connectivity index (χ4v) is 7.64. The summed E-state index contributed by atoms with van der Waals surface area (Å²) in [6.45, 7) is 1.65. The van der Waals surface area contributed by atoms with Crippen LogP contribution in [0.3, 0.4) is 0 Å². The molecule has 1 saturated heterocycles. The molecule has 2 aromatic heterocycles. The fourth-order valence-electron chi connectivity index (χ4n) is 6.57. The summed E-state index contributed by atoms with van der Waals surface area (Å²) in [6, 6.07) is 30.9. The topological polar surface area (TPSA) is 106 Å². The first-order valence-electron chi connectivity index (χ1n) is 17.4. The molecule has 1 fully saturated rings. The van der Waals surface area contributed by atoms with E-state index in [9.17, 15) is 26.4 Å². The Morgan fingerprint density at radius 2 is 1.59 bits per heavy atom. The minimum Gasteiger partial charge on any atom is -0.484 e. The molecule has 0 spiro atoms. The molecule has 280 valence electrons. The second-order valence-corrected chi connectivity index (χ2v) is 15.1. The minimum absolute atomic E-state index is 0.0799. The minimum atomic E-state index is -4.39. The van der Waals surface area contributed by atoms with Gasteiger partial charge in [0.25, 0.3) is 5.91 Å². The summed E-state index contributed by atoms with van der Waals surface area (Å²) >= 11 is 0.